The van der Waals surface area contributed by atoms with Gasteiger partial charge in [0, 0.05) is 30.6 Å². The van der Waals surface area contributed by atoms with E-state index in [1.807, 2.05) is 29.8 Å². The third-order valence-electron chi connectivity index (χ3n) is 7.68. The van der Waals surface area contributed by atoms with Crippen molar-refractivity contribution in [3.8, 4) is 11.9 Å². The number of rotatable bonds is 7. The van der Waals surface area contributed by atoms with E-state index in [-0.39, 0.29) is 17.6 Å². The Morgan fingerprint density at radius 3 is 2.82 bits per heavy atom. The molecule has 1 saturated heterocycles. The highest BCUT2D eigenvalue weighted by atomic mass is 32.1. The number of imidazole rings is 1. The van der Waals surface area contributed by atoms with Crippen molar-refractivity contribution in [3.05, 3.63) is 75.8 Å². The van der Waals surface area contributed by atoms with Gasteiger partial charge in [0.1, 0.15) is 28.0 Å². The molecule has 0 radical (unpaired) electrons. The Morgan fingerprint density at radius 1 is 1.32 bits per heavy atom. The zero-order valence-corrected chi connectivity index (χ0v) is 22.3. The van der Waals surface area contributed by atoms with Crippen LogP contribution >= 0.6 is 11.3 Å². The van der Waals surface area contributed by atoms with Crippen LogP contribution in [0.15, 0.2) is 42.5 Å². The number of thiophene rings is 1. The lowest BCUT2D eigenvalue weighted by Gasteiger charge is -2.44. The number of halogens is 1. The highest BCUT2D eigenvalue weighted by Crippen LogP contribution is 2.39. The van der Waals surface area contributed by atoms with Crippen LogP contribution in [0.2, 0.25) is 0 Å². The molecule has 196 valence electrons. The predicted molar refractivity (Wildman–Crippen MR) is 142 cm³/mol. The Kier molecular flexibility index (Phi) is 6.90. The van der Waals surface area contributed by atoms with Gasteiger partial charge in [0.15, 0.2) is 0 Å². The zero-order valence-electron chi connectivity index (χ0n) is 21.4. The van der Waals surface area contributed by atoms with Crippen LogP contribution in [0.1, 0.15) is 52.6 Å². The quantitative estimate of drug-likeness (QED) is 0.352. The van der Waals surface area contributed by atoms with Crippen LogP contribution in [0.4, 0.5) is 4.39 Å². The van der Waals surface area contributed by atoms with Crippen molar-refractivity contribution in [1.29, 1.82) is 5.26 Å². The number of nitriles is 1. The van der Waals surface area contributed by atoms with E-state index in [9.17, 15) is 14.3 Å². The Balaban J connectivity index is 1.25. The number of nitrogens with zero attached hydrogens (tertiary/aromatic N) is 5. The fourth-order valence-corrected chi connectivity index (χ4v) is 5.93. The average molecular weight is 534 g/mol. The number of aromatic nitrogens is 3. The van der Waals surface area contributed by atoms with Gasteiger partial charge in [0.25, 0.3) is 0 Å². The molecule has 1 aliphatic heterocycles. The first-order valence-electron chi connectivity index (χ1n) is 12.4. The fraction of sp³-hybridized carbons (Fsp3) is 0.357. The maximum Gasteiger partial charge on any atom is 0.346 e. The number of hydrogen-bond acceptors (Lipinski definition) is 7. The van der Waals surface area contributed by atoms with Gasteiger partial charge in [0.05, 0.1) is 29.4 Å². The Morgan fingerprint density at radius 2 is 2.13 bits per heavy atom. The molecule has 8 nitrogen and oxygen atoms in total. The molecular weight excluding hydrogens is 505 g/mol. The molecule has 2 atom stereocenters. The topological polar surface area (TPSA) is 104 Å². The standard InChI is InChI=1S/C28H28FN5O3S/c1-17-14-34(15-24-32-26-21(33(24)3)12-22(38-26)27(35)36)10-9-28(17,2)23-5-4-6-25(31-23)37-16-19-8-7-18(13-30)11-20(19)29/h4-8,11-12,17H,9-10,14-16H2,1-3H3,(H,35,36)/t17?,28-/m0/s1. The summed E-state index contributed by atoms with van der Waals surface area (Å²) in [5, 5.41) is 18.2. The third-order valence-corrected chi connectivity index (χ3v) is 8.69. The van der Waals surface area contributed by atoms with E-state index in [1.165, 1.54) is 17.4 Å². The van der Waals surface area contributed by atoms with Crippen LogP contribution in [0, 0.1) is 23.1 Å². The lowest BCUT2D eigenvalue weighted by molar-refractivity contribution is 0.0702. The molecule has 4 heterocycles. The molecule has 10 heteroatoms. The molecule has 0 bridgehead atoms. The summed E-state index contributed by atoms with van der Waals surface area (Å²) in [6, 6.07) is 13.7. The maximum absolute atomic E-state index is 14.2. The van der Waals surface area contributed by atoms with Crippen LogP contribution < -0.4 is 4.74 Å². The molecule has 0 amide bonds. The Hall–Kier alpha value is -3.81. The second-order valence-electron chi connectivity index (χ2n) is 10.1. The first-order valence-corrected chi connectivity index (χ1v) is 13.2. The number of likely N-dealkylation sites (tertiary alicyclic amines) is 1. The molecule has 4 aromatic rings. The number of piperidine rings is 1. The minimum Gasteiger partial charge on any atom is -0.477 e. The van der Waals surface area contributed by atoms with Gasteiger partial charge in [-0.05, 0) is 43.1 Å². The minimum atomic E-state index is -0.928. The number of pyridine rings is 1. The summed E-state index contributed by atoms with van der Waals surface area (Å²) < 4.78 is 22.1. The van der Waals surface area contributed by atoms with Crippen LogP contribution in [0.5, 0.6) is 5.88 Å². The summed E-state index contributed by atoms with van der Waals surface area (Å²) in [5.41, 5.74) is 2.28. The van der Waals surface area contributed by atoms with Crippen molar-refractivity contribution < 1.29 is 19.0 Å². The monoisotopic (exact) mass is 533 g/mol. The maximum atomic E-state index is 14.2. The second-order valence-corrected chi connectivity index (χ2v) is 11.1. The molecule has 0 aliphatic carbocycles. The smallest absolute Gasteiger partial charge is 0.346 e. The van der Waals surface area contributed by atoms with Gasteiger partial charge in [-0.3, -0.25) is 4.90 Å². The number of benzene rings is 1. The minimum absolute atomic E-state index is 0.0309. The van der Waals surface area contributed by atoms with Crippen molar-refractivity contribution in [2.75, 3.05) is 13.1 Å². The van der Waals surface area contributed by atoms with E-state index in [0.29, 0.717) is 28.8 Å². The van der Waals surface area contributed by atoms with Gasteiger partial charge >= 0.3 is 5.97 Å². The Labute approximate surface area is 223 Å². The average Bonchev–Trinajstić information content (AvgIpc) is 3.45. The number of aryl methyl sites for hydroxylation is 1. The summed E-state index contributed by atoms with van der Waals surface area (Å²) in [7, 11) is 1.93. The van der Waals surface area contributed by atoms with E-state index >= 15 is 0 Å². The molecule has 1 fully saturated rings. The van der Waals surface area contributed by atoms with E-state index in [1.54, 1.807) is 24.3 Å². The van der Waals surface area contributed by atoms with E-state index in [0.717, 1.165) is 41.4 Å². The molecule has 0 spiro atoms. The molecule has 1 aromatic carbocycles. The highest BCUT2D eigenvalue weighted by Gasteiger charge is 2.39. The van der Waals surface area contributed by atoms with Crippen LogP contribution in [0.3, 0.4) is 0 Å². The normalized spacial score (nSPS) is 19.9. The van der Waals surface area contributed by atoms with Crippen LogP contribution in [-0.2, 0) is 25.6 Å². The van der Waals surface area contributed by atoms with Crippen LogP contribution in [0.25, 0.3) is 10.3 Å². The lowest BCUT2D eigenvalue weighted by atomic mass is 9.70. The summed E-state index contributed by atoms with van der Waals surface area (Å²) >= 11 is 1.20. The number of carbonyl (C=O) groups is 1. The van der Waals surface area contributed by atoms with E-state index < -0.39 is 11.8 Å². The largest absolute Gasteiger partial charge is 0.477 e. The Bertz CT molecular complexity index is 1560. The van der Waals surface area contributed by atoms with Gasteiger partial charge in [-0.15, -0.1) is 11.3 Å². The molecule has 1 aliphatic rings. The number of carboxylic acids is 1. The summed E-state index contributed by atoms with van der Waals surface area (Å²) in [4.78, 5) is 24.2. The van der Waals surface area contributed by atoms with E-state index in [2.05, 4.69) is 18.7 Å². The first kappa shape index (κ1) is 25.8. The molecular formula is C28H28FN5O3S. The molecule has 1 unspecified atom stereocenters. The molecule has 5 rings (SSSR count). The third kappa shape index (κ3) is 4.87. The van der Waals surface area contributed by atoms with Crippen LogP contribution in [-0.4, -0.2) is 43.6 Å². The summed E-state index contributed by atoms with van der Waals surface area (Å²) in [5.74, 6) is 0.264. The van der Waals surface area contributed by atoms with Gasteiger partial charge in [-0.2, -0.15) is 5.26 Å². The van der Waals surface area contributed by atoms with Crippen molar-refractivity contribution >= 4 is 27.7 Å². The number of hydrogen-bond donors (Lipinski definition) is 1. The van der Waals surface area contributed by atoms with Gasteiger partial charge < -0.3 is 14.4 Å². The first-order chi connectivity index (χ1) is 18.2. The summed E-state index contributed by atoms with van der Waals surface area (Å²) in [6.45, 7) is 6.90. The molecule has 0 saturated carbocycles. The highest BCUT2D eigenvalue weighted by molar-refractivity contribution is 7.20. The van der Waals surface area contributed by atoms with Gasteiger partial charge in [-0.1, -0.05) is 26.0 Å². The SMILES string of the molecule is CC1CN(Cc2nc3sc(C(=O)O)cc3n2C)CC[C@]1(C)c1cccc(OCc2ccc(C#N)cc2F)n1. The molecule has 1 N–H and O–H groups in total. The molecule has 38 heavy (non-hydrogen) atoms. The number of fused-ring (bicyclic) bond motifs is 1. The molecule has 3 aromatic heterocycles. The zero-order chi connectivity index (χ0) is 27.0. The van der Waals surface area contributed by atoms with Crippen molar-refractivity contribution in [2.24, 2.45) is 13.0 Å². The summed E-state index contributed by atoms with van der Waals surface area (Å²) in [6.07, 6.45) is 0.900. The second kappa shape index (κ2) is 10.2. The number of carboxylic acid groups (broad SMARTS) is 1. The van der Waals surface area contributed by atoms with Crippen molar-refractivity contribution in [2.45, 2.75) is 38.8 Å². The fourth-order valence-electron chi connectivity index (χ4n) is 5.01. The number of ether oxygens (including phenoxy) is 1. The predicted octanol–water partition coefficient (Wildman–Crippen LogP) is 5.12. The van der Waals surface area contributed by atoms with E-state index in [4.69, 9.17) is 20.0 Å². The van der Waals surface area contributed by atoms with Crippen molar-refractivity contribution in [3.63, 3.8) is 0 Å². The number of aromatic carboxylic acids is 1. The lowest BCUT2D eigenvalue weighted by Crippen LogP contribution is -2.47. The van der Waals surface area contributed by atoms with Gasteiger partial charge in [0.2, 0.25) is 5.88 Å². The van der Waals surface area contributed by atoms with Crippen molar-refractivity contribution in [1.82, 2.24) is 19.4 Å². The van der Waals surface area contributed by atoms with Gasteiger partial charge in [-0.25, -0.2) is 19.2 Å².